The Morgan fingerprint density at radius 2 is 2.08 bits per heavy atom. The van der Waals surface area contributed by atoms with Crippen LogP contribution in [0, 0.1) is 0 Å². The highest BCUT2D eigenvalue weighted by molar-refractivity contribution is 5.46. The SMILES string of the molecule is CCc1nnc2n1CCN(CCCOc1ccc3c(c1)OCO3)C2. The van der Waals surface area contributed by atoms with E-state index in [-0.39, 0.29) is 6.79 Å². The number of hydrogen-bond donors (Lipinski definition) is 0. The topological polar surface area (TPSA) is 61.6 Å². The van der Waals surface area contributed by atoms with Gasteiger partial charge in [-0.3, -0.25) is 4.90 Å². The molecule has 128 valence electrons. The molecule has 0 radical (unpaired) electrons. The first kappa shape index (κ1) is 15.3. The molecule has 1 aromatic heterocycles. The van der Waals surface area contributed by atoms with Crippen LogP contribution in [0.2, 0.25) is 0 Å². The lowest BCUT2D eigenvalue weighted by Gasteiger charge is -2.27. The Bertz CT molecular complexity index is 716. The molecule has 7 nitrogen and oxygen atoms in total. The molecule has 2 aromatic rings. The van der Waals surface area contributed by atoms with Crippen molar-refractivity contribution in [1.29, 1.82) is 0 Å². The van der Waals surface area contributed by atoms with E-state index in [0.717, 1.165) is 67.9 Å². The third-order valence-electron chi connectivity index (χ3n) is 4.46. The fourth-order valence-electron chi connectivity index (χ4n) is 3.17. The Morgan fingerprint density at radius 3 is 3.00 bits per heavy atom. The van der Waals surface area contributed by atoms with E-state index in [1.165, 1.54) is 0 Å². The molecule has 2 aliphatic rings. The molecule has 0 spiro atoms. The highest BCUT2D eigenvalue weighted by Gasteiger charge is 2.20. The predicted molar refractivity (Wildman–Crippen MR) is 87.4 cm³/mol. The van der Waals surface area contributed by atoms with Gasteiger partial charge in [0.15, 0.2) is 11.5 Å². The molecule has 2 aliphatic heterocycles. The van der Waals surface area contributed by atoms with E-state index >= 15 is 0 Å². The molecule has 3 heterocycles. The van der Waals surface area contributed by atoms with Gasteiger partial charge in [-0.1, -0.05) is 6.92 Å². The van der Waals surface area contributed by atoms with Gasteiger partial charge in [-0.15, -0.1) is 10.2 Å². The maximum Gasteiger partial charge on any atom is 0.231 e. The lowest BCUT2D eigenvalue weighted by atomic mass is 10.3. The van der Waals surface area contributed by atoms with Crippen molar-refractivity contribution in [2.24, 2.45) is 0 Å². The van der Waals surface area contributed by atoms with Gasteiger partial charge in [0.2, 0.25) is 6.79 Å². The van der Waals surface area contributed by atoms with Crippen LogP contribution in [-0.2, 0) is 19.5 Å². The van der Waals surface area contributed by atoms with Crippen molar-refractivity contribution < 1.29 is 14.2 Å². The number of aromatic nitrogens is 3. The number of fused-ring (bicyclic) bond motifs is 2. The van der Waals surface area contributed by atoms with E-state index in [1.807, 2.05) is 18.2 Å². The van der Waals surface area contributed by atoms with Crippen molar-refractivity contribution in [2.75, 3.05) is 26.5 Å². The molecule has 0 saturated carbocycles. The van der Waals surface area contributed by atoms with Crippen LogP contribution < -0.4 is 14.2 Å². The second-order valence-electron chi connectivity index (χ2n) is 6.03. The normalized spacial score (nSPS) is 16.2. The number of benzene rings is 1. The maximum absolute atomic E-state index is 5.82. The van der Waals surface area contributed by atoms with Crippen LogP contribution in [0.3, 0.4) is 0 Å². The van der Waals surface area contributed by atoms with Crippen molar-refractivity contribution in [2.45, 2.75) is 32.9 Å². The Kier molecular flexibility index (Phi) is 4.25. The van der Waals surface area contributed by atoms with Crippen LogP contribution in [0.25, 0.3) is 0 Å². The van der Waals surface area contributed by atoms with Gasteiger partial charge in [0, 0.05) is 32.1 Å². The van der Waals surface area contributed by atoms with Gasteiger partial charge in [-0.2, -0.15) is 0 Å². The summed E-state index contributed by atoms with van der Waals surface area (Å²) in [6.07, 6.45) is 1.92. The Balaban J connectivity index is 1.23. The first-order valence-electron chi connectivity index (χ1n) is 8.49. The Labute approximate surface area is 141 Å². The molecule has 0 unspecified atom stereocenters. The van der Waals surface area contributed by atoms with Gasteiger partial charge >= 0.3 is 0 Å². The fraction of sp³-hybridized carbons (Fsp3) is 0.529. The number of nitrogens with zero attached hydrogens (tertiary/aromatic N) is 4. The van der Waals surface area contributed by atoms with Crippen molar-refractivity contribution in [3.8, 4) is 17.2 Å². The largest absolute Gasteiger partial charge is 0.493 e. The zero-order valence-corrected chi connectivity index (χ0v) is 13.9. The first-order chi connectivity index (χ1) is 11.8. The van der Waals surface area contributed by atoms with Crippen molar-refractivity contribution in [1.82, 2.24) is 19.7 Å². The number of ether oxygens (including phenoxy) is 3. The molecular weight excluding hydrogens is 308 g/mol. The minimum absolute atomic E-state index is 0.290. The third kappa shape index (κ3) is 3.03. The summed E-state index contributed by atoms with van der Waals surface area (Å²) in [5, 5.41) is 8.56. The second kappa shape index (κ2) is 6.68. The smallest absolute Gasteiger partial charge is 0.231 e. The van der Waals surface area contributed by atoms with E-state index in [9.17, 15) is 0 Å². The van der Waals surface area contributed by atoms with Gasteiger partial charge in [-0.05, 0) is 18.6 Å². The standard InChI is InChI=1S/C17H22N4O3/c1-2-16-18-19-17-11-20(7-8-21(16)17)6-3-9-22-13-4-5-14-15(10-13)24-12-23-14/h4-5,10H,2-3,6-9,11-12H2,1H3. The van der Waals surface area contributed by atoms with Crippen LogP contribution in [0.4, 0.5) is 0 Å². The molecule has 0 aliphatic carbocycles. The summed E-state index contributed by atoms with van der Waals surface area (Å²) in [6, 6.07) is 5.70. The van der Waals surface area contributed by atoms with Crippen molar-refractivity contribution in [3.63, 3.8) is 0 Å². The van der Waals surface area contributed by atoms with Crippen molar-refractivity contribution in [3.05, 3.63) is 29.8 Å². The molecule has 1 aromatic carbocycles. The van der Waals surface area contributed by atoms with Gasteiger partial charge in [0.25, 0.3) is 0 Å². The highest BCUT2D eigenvalue weighted by atomic mass is 16.7. The first-order valence-corrected chi connectivity index (χ1v) is 8.49. The monoisotopic (exact) mass is 330 g/mol. The van der Waals surface area contributed by atoms with Gasteiger partial charge < -0.3 is 18.8 Å². The molecule has 0 saturated heterocycles. The minimum Gasteiger partial charge on any atom is -0.493 e. The van der Waals surface area contributed by atoms with Gasteiger partial charge in [-0.25, -0.2) is 0 Å². The lowest BCUT2D eigenvalue weighted by Crippen LogP contribution is -2.35. The molecule has 7 heteroatoms. The average Bonchev–Trinajstić information content (AvgIpc) is 3.24. The van der Waals surface area contributed by atoms with Gasteiger partial charge in [0.05, 0.1) is 13.2 Å². The minimum atomic E-state index is 0.290. The van der Waals surface area contributed by atoms with E-state index in [1.54, 1.807) is 0 Å². The van der Waals surface area contributed by atoms with Gasteiger partial charge in [0.1, 0.15) is 17.4 Å². The highest BCUT2D eigenvalue weighted by Crippen LogP contribution is 2.35. The number of hydrogen-bond acceptors (Lipinski definition) is 6. The summed E-state index contributed by atoms with van der Waals surface area (Å²) in [5.74, 6) is 4.54. The maximum atomic E-state index is 5.82. The summed E-state index contributed by atoms with van der Waals surface area (Å²) in [5.41, 5.74) is 0. The van der Waals surface area contributed by atoms with Crippen LogP contribution in [-0.4, -0.2) is 46.2 Å². The summed E-state index contributed by atoms with van der Waals surface area (Å²) in [6.45, 7) is 6.99. The third-order valence-corrected chi connectivity index (χ3v) is 4.46. The summed E-state index contributed by atoms with van der Waals surface area (Å²) in [7, 11) is 0. The Morgan fingerprint density at radius 1 is 1.17 bits per heavy atom. The Hall–Kier alpha value is -2.28. The van der Waals surface area contributed by atoms with E-state index in [4.69, 9.17) is 14.2 Å². The number of rotatable bonds is 6. The average molecular weight is 330 g/mol. The molecule has 0 amide bonds. The molecule has 24 heavy (non-hydrogen) atoms. The summed E-state index contributed by atoms with van der Waals surface area (Å²) < 4.78 is 18.7. The number of aryl methyl sites for hydroxylation is 1. The molecule has 0 N–H and O–H groups in total. The van der Waals surface area contributed by atoms with Crippen molar-refractivity contribution >= 4 is 0 Å². The second-order valence-corrected chi connectivity index (χ2v) is 6.03. The van der Waals surface area contributed by atoms with Crippen LogP contribution in [0.15, 0.2) is 18.2 Å². The van der Waals surface area contributed by atoms with Crippen LogP contribution in [0.1, 0.15) is 25.0 Å². The fourth-order valence-corrected chi connectivity index (χ4v) is 3.17. The summed E-state index contributed by atoms with van der Waals surface area (Å²) in [4.78, 5) is 2.41. The predicted octanol–water partition coefficient (Wildman–Crippen LogP) is 1.85. The summed E-state index contributed by atoms with van der Waals surface area (Å²) >= 11 is 0. The molecule has 0 atom stereocenters. The molecule has 4 rings (SSSR count). The van der Waals surface area contributed by atoms with Crippen LogP contribution >= 0.6 is 0 Å². The van der Waals surface area contributed by atoms with E-state index in [2.05, 4.69) is 26.6 Å². The molecule has 0 fully saturated rings. The molecule has 0 bridgehead atoms. The van der Waals surface area contributed by atoms with Crippen LogP contribution in [0.5, 0.6) is 17.2 Å². The lowest BCUT2D eigenvalue weighted by molar-refractivity contribution is 0.173. The molecular formula is C17H22N4O3. The van der Waals surface area contributed by atoms with E-state index < -0.39 is 0 Å². The van der Waals surface area contributed by atoms with E-state index in [0.29, 0.717) is 6.61 Å². The zero-order valence-electron chi connectivity index (χ0n) is 13.9. The zero-order chi connectivity index (χ0) is 16.4. The quantitative estimate of drug-likeness (QED) is 0.754.